The van der Waals surface area contributed by atoms with E-state index >= 15 is 0 Å². The Morgan fingerprint density at radius 1 is 1.15 bits per heavy atom. The first kappa shape index (κ1) is 28.6. The number of hydrogen-bond acceptors (Lipinski definition) is 10. The molecule has 0 radical (unpaired) electrons. The molecule has 2 amide bonds. The Kier molecular flexibility index (Phi) is 10.3. The molecule has 1 saturated heterocycles. The van der Waals surface area contributed by atoms with E-state index < -0.39 is 12.1 Å². The van der Waals surface area contributed by atoms with Crippen LogP contribution in [-0.4, -0.2) is 67.6 Å². The molecule has 4 rings (SSSR count). The summed E-state index contributed by atoms with van der Waals surface area (Å²) < 4.78 is 12.4. The van der Waals surface area contributed by atoms with E-state index in [1.54, 1.807) is 6.92 Å². The predicted molar refractivity (Wildman–Crippen MR) is 148 cm³/mol. The molecule has 3 heterocycles. The van der Waals surface area contributed by atoms with Crippen molar-refractivity contribution in [2.24, 2.45) is 0 Å². The van der Waals surface area contributed by atoms with Gasteiger partial charge in [0, 0.05) is 18.5 Å². The van der Waals surface area contributed by atoms with E-state index in [2.05, 4.69) is 27.4 Å². The molecular formula is C26H32N6O5S2. The fourth-order valence-electron chi connectivity index (χ4n) is 4.19. The summed E-state index contributed by atoms with van der Waals surface area (Å²) >= 11 is 2.61. The van der Waals surface area contributed by atoms with Crippen molar-refractivity contribution in [2.75, 3.05) is 24.2 Å². The number of hydrogen-bond donors (Lipinski definition) is 1. The molecule has 3 aromatic rings. The average Bonchev–Trinajstić information content (AvgIpc) is 3.68. The molecule has 1 N–H and O–H groups in total. The third-order valence-electron chi connectivity index (χ3n) is 5.98. The van der Waals surface area contributed by atoms with Crippen molar-refractivity contribution < 1.29 is 23.9 Å². The SMILES string of the molecule is CCCn1c(Cc2csc(NC(=O)[C@H]3CCCN3C(=O)OCc3ccccc3)n2)nnc1SCC(=O)OCC. The molecule has 0 saturated carbocycles. The van der Waals surface area contributed by atoms with Gasteiger partial charge in [0.25, 0.3) is 0 Å². The predicted octanol–water partition coefficient (Wildman–Crippen LogP) is 4.13. The quantitative estimate of drug-likeness (QED) is 0.252. The Balaban J connectivity index is 1.33. The fourth-order valence-corrected chi connectivity index (χ4v) is 5.68. The van der Waals surface area contributed by atoms with E-state index in [0.717, 1.165) is 29.9 Å². The highest BCUT2D eigenvalue weighted by atomic mass is 32.2. The molecule has 0 aliphatic carbocycles. The second-order valence-corrected chi connectivity index (χ2v) is 10.6. The summed E-state index contributed by atoms with van der Waals surface area (Å²) in [5.74, 6) is 0.326. The number of amides is 2. The Morgan fingerprint density at radius 3 is 2.74 bits per heavy atom. The van der Waals surface area contributed by atoms with Crippen LogP contribution in [0, 0.1) is 0 Å². The third-order valence-corrected chi connectivity index (χ3v) is 7.73. The molecule has 39 heavy (non-hydrogen) atoms. The van der Waals surface area contributed by atoms with Crippen molar-refractivity contribution in [2.45, 2.75) is 63.9 Å². The molecule has 2 aromatic heterocycles. The van der Waals surface area contributed by atoms with E-state index in [-0.39, 0.29) is 24.2 Å². The summed E-state index contributed by atoms with van der Waals surface area (Å²) in [4.78, 5) is 43.5. The lowest BCUT2D eigenvalue weighted by Gasteiger charge is -2.22. The minimum absolute atomic E-state index is 0.159. The van der Waals surface area contributed by atoms with E-state index in [4.69, 9.17) is 9.47 Å². The number of thioether (sulfide) groups is 1. The molecule has 13 heteroatoms. The van der Waals surface area contributed by atoms with Crippen LogP contribution in [0.4, 0.5) is 9.93 Å². The smallest absolute Gasteiger partial charge is 0.410 e. The lowest BCUT2D eigenvalue weighted by Crippen LogP contribution is -2.43. The second kappa shape index (κ2) is 14.1. The number of nitrogens with zero attached hydrogens (tertiary/aromatic N) is 5. The number of ether oxygens (including phenoxy) is 2. The number of likely N-dealkylation sites (tertiary alicyclic amines) is 1. The highest BCUT2D eigenvalue weighted by Crippen LogP contribution is 2.24. The van der Waals surface area contributed by atoms with Gasteiger partial charge in [-0.15, -0.1) is 21.5 Å². The maximum Gasteiger partial charge on any atom is 0.410 e. The second-order valence-electron chi connectivity index (χ2n) is 8.85. The van der Waals surface area contributed by atoms with Crippen LogP contribution in [0.15, 0.2) is 40.9 Å². The fraction of sp³-hybridized carbons (Fsp3) is 0.462. The van der Waals surface area contributed by atoms with Gasteiger partial charge in [0.1, 0.15) is 18.5 Å². The number of benzene rings is 1. The van der Waals surface area contributed by atoms with Gasteiger partial charge >= 0.3 is 12.1 Å². The number of anilines is 1. The number of carbonyl (C=O) groups is 3. The third kappa shape index (κ3) is 7.79. The van der Waals surface area contributed by atoms with Crippen LogP contribution in [0.1, 0.15) is 50.2 Å². The standard InChI is InChI=1S/C26H32N6O5S2/c1-3-12-32-21(29-30-25(32)39-17-22(33)36-4-2)14-19-16-38-24(27-19)28-23(34)20-11-8-13-31(20)26(35)37-15-18-9-6-5-7-10-18/h5-7,9-10,16,20H,3-4,8,11-15,17H2,1-2H3,(H,27,28,34)/t20-/m1/s1. The molecule has 1 aliphatic rings. The van der Waals surface area contributed by atoms with Crippen LogP contribution in [0.2, 0.25) is 0 Å². The van der Waals surface area contributed by atoms with E-state index in [1.165, 1.54) is 28.0 Å². The van der Waals surface area contributed by atoms with Gasteiger partial charge in [-0.05, 0) is 31.7 Å². The lowest BCUT2D eigenvalue weighted by molar-refractivity contribution is -0.139. The first-order valence-electron chi connectivity index (χ1n) is 12.9. The monoisotopic (exact) mass is 572 g/mol. The number of thiazole rings is 1. The van der Waals surface area contributed by atoms with Crippen molar-refractivity contribution in [3.05, 3.63) is 52.8 Å². The number of esters is 1. The number of carbonyl (C=O) groups excluding carboxylic acids is 3. The molecule has 1 atom stereocenters. The average molecular weight is 573 g/mol. The molecule has 0 bridgehead atoms. The molecule has 208 valence electrons. The summed E-state index contributed by atoms with van der Waals surface area (Å²) in [6.07, 6.45) is 2.11. The van der Waals surface area contributed by atoms with E-state index in [1.807, 2.05) is 40.3 Å². The maximum absolute atomic E-state index is 13.0. The highest BCUT2D eigenvalue weighted by molar-refractivity contribution is 7.99. The molecule has 11 nitrogen and oxygen atoms in total. The summed E-state index contributed by atoms with van der Waals surface area (Å²) in [5.41, 5.74) is 1.63. The first-order valence-corrected chi connectivity index (χ1v) is 14.8. The zero-order valence-electron chi connectivity index (χ0n) is 22.0. The topological polar surface area (TPSA) is 129 Å². The van der Waals surface area contributed by atoms with Crippen LogP contribution < -0.4 is 5.32 Å². The largest absolute Gasteiger partial charge is 0.465 e. The van der Waals surface area contributed by atoms with E-state index in [0.29, 0.717) is 42.8 Å². The van der Waals surface area contributed by atoms with Gasteiger partial charge in [0.05, 0.1) is 24.5 Å². The summed E-state index contributed by atoms with van der Waals surface area (Å²) in [7, 11) is 0. The molecule has 1 aliphatic heterocycles. The van der Waals surface area contributed by atoms with Gasteiger partial charge in [-0.2, -0.15) is 0 Å². The zero-order valence-corrected chi connectivity index (χ0v) is 23.6. The maximum atomic E-state index is 13.0. The van der Waals surface area contributed by atoms with Crippen molar-refractivity contribution in [3.63, 3.8) is 0 Å². The van der Waals surface area contributed by atoms with Gasteiger partial charge in [0.2, 0.25) is 5.91 Å². The number of aromatic nitrogens is 4. The van der Waals surface area contributed by atoms with Gasteiger partial charge in [0.15, 0.2) is 10.3 Å². The van der Waals surface area contributed by atoms with Gasteiger partial charge in [-0.25, -0.2) is 9.78 Å². The summed E-state index contributed by atoms with van der Waals surface area (Å²) in [6.45, 7) is 5.51. The highest BCUT2D eigenvalue weighted by Gasteiger charge is 2.35. The molecule has 1 fully saturated rings. The van der Waals surface area contributed by atoms with Crippen LogP contribution in [0.5, 0.6) is 0 Å². The molecule has 0 spiro atoms. The normalized spacial score (nSPS) is 14.8. The van der Waals surface area contributed by atoms with Crippen LogP contribution >= 0.6 is 23.1 Å². The van der Waals surface area contributed by atoms with Crippen molar-refractivity contribution >= 4 is 46.2 Å². The molecule has 1 aromatic carbocycles. The van der Waals surface area contributed by atoms with Crippen LogP contribution in [0.25, 0.3) is 0 Å². The van der Waals surface area contributed by atoms with Crippen molar-refractivity contribution in [3.8, 4) is 0 Å². The van der Waals surface area contributed by atoms with Crippen molar-refractivity contribution in [1.82, 2.24) is 24.6 Å². The van der Waals surface area contributed by atoms with E-state index in [9.17, 15) is 14.4 Å². The summed E-state index contributed by atoms with van der Waals surface area (Å²) in [6, 6.07) is 8.83. The van der Waals surface area contributed by atoms with Crippen LogP contribution in [-0.2, 0) is 38.6 Å². The Labute approximate surface area is 235 Å². The van der Waals surface area contributed by atoms with Crippen LogP contribution in [0.3, 0.4) is 0 Å². The lowest BCUT2D eigenvalue weighted by atomic mass is 10.2. The minimum atomic E-state index is -0.604. The van der Waals surface area contributed by atoms with Gasteiger partial charge < -0.3 is 19.4 Å². The number of rotatable bonds is 12. The van der Waals surface area contributed by atoms with Gasteiger partial charge in [-0.1, -0.05) is 49.0 Å². The Morgan fingerprint density at radius 2 is 1.97 bits per heavy atom. The molecule has 0 unspecified atom stereocenters. The zero-order chi connectivity index (χ0) is 27.6. The van der Waals surface area contributed by atoms with Crippen molar-refractivity contribution in [1.29, 1.82) is 0 Å². The molecular weight excluding hydrogens is 540 g/mol. The Hall–Kier alpha value is -3.45. The minimum Gasteiger partial charge on any atom is -0.465 e. The van der Waals surface area contributed by atoms with Gasteiger partial charge in [-0.3, -0.25) is 14.5 Å². The summed E-state index contributed by atoms with van der Waals surface area (Å²) in [5, 5.41) is 14.4. The Bertz CT molecular complexity index is 1260. The number of nitrogens with one attached hydrogen (secondary N) is 1. The first-order chi connectivity index (χ1) is 19.0.